The van der Waals surface area contributed by atoms with Crippen molar-refractivity contribution in [2.24, 2.45) is 5.73 Å². The first-order valence-corrected chi connectivity index (χ1v) is 5.43. The highest BCUT2D eigenvalue weighted by Gasteiger charge is 2.11. The standard InChI is InChI=1S/C11H27N3/c1-11(2,12)7-10-14(5)9-6-8-13(3)4/h6-10,12H2,1-5H3. The fourth-order valence-corrected chi connectivity index (χ4v) is 1.25. The summed E-state index contributed by atoms with van der Waals surface area (Å²) in [5, 5.41) is 0. The molecule has 14 heavy (non-hydrogen) atoms. The van der Waals surface area contributed by atoms with Crippen LogP contribution in [-0.2, 0) is 0 Å². The van der Waals surface area contributed by atoms with Gasteiger partial charge in [0.15, 0.2) is 0 Å². The molecule has 0 aromatic heterocycles. The van der Waals surface area contributed by atoms with Crippen molar-refractivity contribution in [2.75, 3.05) is 40.8 Å². The molecular formula is C11H27N3. The zero-order valence-electron chi connectivity index (χ0n) is 10.5. The van der Waals surface area contributed by atoms with Gasteiger partial charge in [-0.15, -0.1) is 0 Å². The maximum atomic E-state index is 5.93. The van der Waals surface area contributed by atoms with Gasteiger partial charge in [-0.05, 0) is 67.5 Å². The molecule has 0 fully saturated rings. The predicted octanol–water partition coefficient (Wildman–Crippen LogP) is 0.997. The number of rotatable bonds is 7. The van der Waals surface area contributed by atoms with Gasteiger partial charge in [0.2, 0.25) is 0 Å². The molecule has 0 aliphatic rings. The Hall–Kier alpha value is -0.120. The molecule has 86 valence electrons. The van der Waals surface area contributed by atoms with Gasteiger partial charge in [-0.2, -0.15) is 0 Å². The van der Waals surface area contributed by atoms with Crippen LogP contribution >= 0.6 is 0 Å². The van der Waals surface area contributed by atoms with E-state index in [4.69, 9.17) is 5.73 Å². The lowest BCUT2D eigenvalue weighted by atomic mass is 10.0. The van der Waals surface area contributed by atoms with E-state index in [1.165, 1.54) is 6.42 Å². The SMILES string of the molecule is CN(C)CCCN(C)CCC(C)(C)N. The van der Waals surface area contributed by atoms with E-state index in [9.17, 15) is 0 Å². The maximum absolute atomic E-state index is 5.93. The molecule has 3 nitrogen and oxygen atoms in total. The average Bonchev–Trinajstić information content (AvgIpc) is 1.99. The van der Waals surface area contributed by atoms with Gasteiger partial charge in [0.25, 0.3) is 0 Å². The minimum absolute atomic E-state index is 0.0319. The highest BCUT2D eigenvalue weighted by molar-refractivity contribution is 4.72. The fraction of sp³-hybridized carbons (Fsp3) is 1.00. The summed E-state index contributed by atoms with van der Waals surface area (Å²) in [5.41, 5.74) is 5.89. The Kier molecular flexibility index (Phi) is 6.33. The number of hydrogen-bond donors (Lipinski definition) is 1. The molecule has 0 radical (unpaired) electrons. The van der Waals surface area contributed by atoms with Crippen LogP contribution in [-0.4, -0.2) is 56.1 Å². The second kappa shape index (κ2) is 6.38. The van der Waals surface area contributed by atoms with Crippen molar-refractivity contribution in [2.45, 2.75) is 32.2 Å². The Labute approximate surface area is 89.2 Å². The largest absolute Gasteiger partial charge is 0.326 e. The van der Waals surface area contributed by atoms with Crippen molar-refractivity contribution in [3.8, 4) is 0 Å². The van der Waals surface area contributed by atoms with Crippen molar-refractivity contribution in [3.05, 3.63) is 0 Å². The normalized spacial score (nSPS) is 12.9. The summed E-state index contributed by atoms with van der Waals surface area (Å²) < 4.78 is 0. The Balaban J connectivity index is 3.42. The highest BCUT2D eigenvalue weighted by Crippen LogP contribution is 2.04. The molecule has 2 N–H and O–H groups in total. The molecule has 0 atom stereocenters. The summed E-state index contributed by atoms with van der Waals surface area (Å²) in [6, 6.07) is 0. The Morgan fingerprint density at radius 3 is 2.00 bits per heavy atom. The maximum Gasteiger partial charge on any atom is 0.0109 e. The van der Waals surface area contributed by atoms with Gasteiger partial charge in [-0.25, -0.2) is 0 Å². The van der Waals surface area contributed by atoms with Crippen molar-refractivity contribution >= 4 is 0 Å². The van der Waals surface area contributed by atoms with Gasteiger partial charge in [-0.3, -0.25) is 0 Å². The topological polar surface area (TPSA) is 32.5 Å². The highest BCUT2D eigenvalue weighted by atomic mass is 15.1. The third kappa shape index (κ3) is 9.96. The molecular weight excluding hydrogens is 174 g/mol. The fourth-order valence-electron chi connectivity index (χ4n) is 1.25. The first-order valence-electron chi connectivity index (χ1n) is 5.43. The second-order valence-corrected chi connectivity index (χ2v) is 5.20. The summed E-state index contributed by atoms with van der Waals surface area (Å²) in [6.45, 7) is 7.59. The van der Waals surface area contributed by atoms with Gasteiger partial charge in [0.05, 0.1) is 0 Å². The smallest absolute Gasteiger partial charge is 0.0109 e. The van der Waals surface area contributed by atoms with Crippen LogP contribution in [0.1, 0.15) is 26.7 Å². The summed E-state index contributed by atoms with van der Waals surface area (Å²) in [5.74, 6) is 0. The summed E-state index contributed by atoms with van der Waals surface area (Å²) in [6.07, 6.45) is 2.29. The first kappa shape index (κ1) is 13.9. The van der Waals surface area contributed by atoms with Crippen LogP contribution in [0.5, 0.6) is 0 Å². The van der Waals surface area contributed by atoms with E-state index in [1.54, 1.807) is 0 Å². The summed E-state index contributed by atoms with van der Waals surface area (Å²) >= 11 is 0. The van der Waals surface area contributed by atoms with Crippen LogP contribution in [0.3, 0.4) is 0 Å². The average molecular weight is 201 g/mol. The molecule has 0 aromatic rings. The zero-order valence-corrected chi connectivity index (χ0v) is 10.5. The van der Waals surface area contributed by atoms with E-state index in [0.29, 0.717) is 0 Å². The van der Waals surface area contributed by atoms with Gasteiger partial charge < -0.3 is 15.5 Å². The van der Waals surface area contributed by atoms with E-state index >= 15 is 0 Å². The van der Waals surface area contributed by atoms with E-state index in [0.717, 1.165) is 26.1 Å². The molecule has 3 heteroatoms. The number of nitrogens with zero attached hydrogens (tertiary/aromatic N) is 2. The molecule has 0 spiro atoms. The van der Waals surface area contributed by atoms with Crippen molar-refractivity contribution < 1.29 is 0 Å². The quantitative estimate of drug-likeness (QED) is 0.667. The van der Waals surface area contributed by atoms with Crippen LogP contribution in [0.2, 0.25) is 0 Å². The van der Waals surface area contributed by atoms with Crippen LogP contribution in [0, 0.1) is 0 Å². The molecule has 0 saturated carbocycles. The third-order valence-corrected chi connectivity index (χ3v) is 2.28. The molecule has 0 saturated heterocycles. The van der Waals surface area contributed by atoms with E-state index in [2.05, 4.69) is 44.8 Å². The molecule has 0 unspecified atom stereocenters. The molecule has 0 heterocycles. The minimum atomic E-state index is -0.0319. The zero-order chi connectivity index (χ0) is 11.2. The molecule has 0 aliphatic heterocycles. The summed E-state index contributed by atoms with van der Waals surface area (Å²) in [7, 11) is 6.40. The van der Waals surface area contributed by atoms with Crippen molar-refractivity contribution in [3.63, 3.8) is 0 Å². The van der Waals surface area contributed by atoms with Gasteiger partial charge >= 0.3 is 0 Å². The van der Waals surface area contributed by atoms with Crippen molar-refractivity contribution in [1.29, 1.82) is 0 Å². The number of hydrogen-bond acceptors (Lipinski definition) is 3. The monoisotopic (exact) mass is 201 g/mol. The number of nitrogens with two attached hydrogens (primary N) is 1. The van der Waals surface area contributed by atoms with Crippen LogP contribution in [0.4, 0.5) is 0 Å². The summed E-state index contributed by atoms with van der Waals surface area (Å²) in [4.78, 5) is 4.58. The van der Waals surface area contributed by atoms with Gasteiger partial charge in [0.1, 0.15) is 0 Å². The lowest BCUT2D eigenvalue weighted by Gasteiger charge is -2.23. The molecule has 0 bridgehead atoms. The molecule has 0 aromatic carbocycles. The van der Waals surface area contributed by atoms with E-state index in [1.807, 2.05) is 0 Å². The van der Waals surface area contributed by atoms with E-state index < -0.39 is 0 Å². The van der Waals surface area contributed by atoms with Crippen LogP contribution in [0.25, 0.3) is 0 Å². The third-order valence-electron chi connectivity index (χ3n) is 2.28. The van der Waals surface area contributed by atoms with Crippen LogP contribution < -0.4 is 5.73 Å². The molecule has 0 aliphatic carbocycles. The lowest BCUT2D eigenvalue weighted by molar-refractivity contribution is 0.275. The Morgan fingerprint density at radius 2 is 1.57 bits per heavy atom. The van der Waals surface area contributed by atoms with Gasteiger partial charge in [-0.1, -0.05) is 0 Å². The first-order chi connectivity index (χ1) is 6.31. The van der Waals surface area contributed by atoms with E-state index in [-0.39, 0.29) is 5.54 Å². The Bertz CT molecular complexity index is 138. The molecule has 0 amide bonds. The van der Waals surface area contributed by atoms with Gasteiger partial charge in [0, 0.05) is 5.54 Å². The molecule has 0 rings (SSSR count). The predicted molar refractivity (Wildman–Crippen MR) is 63.6 cm³/mol. The Morgan fingerprint density at radius 1 is 1.00 bits per heavy atom. The van der Waals surface area contributed by atoms with Crippen molar-refractivity contribution in [1.82, 2.24) is 9.80 Å². The van der Waals surface area contributed by atoms with Crippen LogP contribution in [0.15, 0.2) is 0 Å². The lowest BCUT2D eigenvalue weighted by Crippen LogP contribution is -2.36. The minimum Gasteiger partial charge on any atom is -0.326 e. The second-order valence-electron chi connectivity index (χ2n) is 5.20.